The second kappa shape index (κ2) is 6.35. The Morgan fingerprint density at radius 3 is 2.85 bits per heavy atom. The zero-order valence-corrected chi connectivity index (χ0v) is 8.54. The van der Waals surface area contributed by atoms with Crippen molar-refractivity contribution in [2.75, 3.05) is 32.9 Å². The van der Waals surface area contributed by atoms with Gasteiger partial charge in [-0.15, -0.1) is 0 Å². The van der Waals surface area contributed by atoms with E-state index in [1.165, 1.54) is 6.42 Å². The van der Waals surface area contributed by atoms with Crippen LogP contribution in [0.15, 0.2) is 0 Å². The monoisotopic (exact) mass is 187 g/mol. The Balaban J connectivity index is 2.32. The molecule has 0 aliphatic carbocycles. The molecule has 3 nitrogen and oxygen atoms in total. The maximum atomic E-state index is 8.91. The largest absolute Gasteiger partial charge is 0.395 e. The Bertz CT molecular complexity index is 118. The Morgan fingerprint density at radius 1 is 1.46 bits per heavy atom. The lowest BCUT2D eigenvalue weighted by molar-refractivity contribution is 0.0122. The van der Waals surface area contributed by atoms with Crippen LogP contribution in [0.3, 0.4) is 0 Å². The molecule has 1 N–H and O–H groups in total. The van der Waals surface area contributed by atoms with Gasteiger partial charge in [0.05, 0.1) is 13.2 Å². The topological polar surface area (TPSA) is 32.7 Å². The maximum absolute atomic E-state index is 8.91. The smallest absolute Gasteiger partial charge is 0.0621 e. The molecule has 1 unspecified atom stereocenters. The van der Waals surface area contributed by atoms with E-state index >= 15 is 0 Å². The molecular formula is C10H21NO2. The van der Waals surface area contributed by atoms with Crippen molar-refractivity contribution in [3.63, 3.8) is 0 Å². The number of aliphatic hydroxyl groups is 1. The van der Waals surface area contributed by atoms with E-state index in [2.05, 4.69) is 11.8 Å². The van der Waals surface area contributed by atoms with Gasteiger partial charge in [-0.05, 0) is 25.8 Å². The van der Waals surface area contributed by atoms with E-state index in [1.807, 2.05) is 0 Å². The van der Waals surface area contributed by atoms with Gasteiger partial charge >= 0.3 is 0 Å². The second-order valence-electron chi connectivity index (χ2n) is 3.63. The number of ether oxygens (including phenoxy) is 1. The van der Waals surface area contributed by atoms with Crippen LogP contribution in [0.25, 0.3) is 0 Å². The third-order valence-electron chi connectivity index (χ3n) is 2.55. The molecule has 1 atom stereocenters. The van der Waals surface area contributed by atoms with E-state index in [0.29, 0.717) is 6.04 Å². The Labute approximate surface area is 80.7 Å². The van der Waals surface area contributed by atoms with Gasteiger partial charge in [0.1, 0.15) is 0 Å². The van der Waals surface area contributed by atoms with Crippen LogP contribution >= 0.6 is 0 Å². The van der Waals surface area contributed by atoms with E-state index in [9.17, 15) is 0 Å². The average molecular weight is 187 g/mol. The Hall–Kier alpha value is -0.120. The number of hydrogen-bond acceptors (Lipinski definition) is 3. The zero-order valence-electron chi connectivity index (χ0n) is 8.54. The SMILES string of the molecule is CCCN(CCO)C1CCCOC1. The van der Waals surface area contributed by atoms with Gasteiger partial charge in [0.25, 0.3) is 0 Å². The third-order valence-corrected chi connectivity index (χ3v) is 2.55. The minimum atomic E-state index is 0.260. The van der Waals surface area contributed by atoms with Gasteiger partial charge in [0.2, 0.25) is 0 Å². The van der Waals surface area contributed by atoms with Gasteiger partial charge < -0.3 is 9.84 Å². The van der Waals surface area contributed by atoms with Crippen molar-refractivity contribution in [3.8, 4) is 0 Å². The molecule has 0 aromatic rings. The van der Waals surface area contributed by atoms with Crippen LogP contribution in [0.1, 0.15) is 26.2 Å². The molecule has 13 heavy (non-hydrogen) atoms. The fourth-order valence-corrected chi connectivity index (χ4v) is 1.90. The first-order valence-corrected chi connectivity index (χ1v) is 5.31. The highest BCUT2D eigenvalue weighted by atomic mass is 16.5. The summed E-state index contributed by atoms with van der Waals surface area (Å²) in [6.07, 6.45) is 3.53. The van der Waals surface area contributed by atoms with Crippen LogP contribution in [0.4, 0.5) is 0 Å². The maximum Gasteiger partial charge on any atom is 0.0621 e. The van der Waals surface area contributed by atoms with Crippen molar-refractivity contribution in [1.82, 2.24) is 4.90 Å². The highest BCUT2D eigenvalue weighted by molar-refractivity contribution is 4.73. The van der Waals surface area contributed by atoms with Gasteiger partial charge in [-0.25, -0.2) is 0 Å². The standard InChI is InChI=1S/C10H21NO2/c1-2-5-11(6-7-12)10-4-3-8-13-9-10/h10,12H,2-9H2,1H3. The highest BCUT2D eigenvalue weighted by Gasteiger charge is 2.20. The normalized spacial score (nSPS) is 23.8. The van der Waals surface area contributed by atoms with Gasteiger partial charge in [-0.2, -0.15) is 0 Å². The summed E-state index contributed by atoms with van der Waals surface area (Å²) in [6, 6.07) is 0.542. The molecule has 1 aliphatic rings. The molecule has 0 aromatic heterocycles. The van der Waals surface area contributed by atoms with Crippen LogP contribution in [-0.4, -0.2) is 49.0 Å². The molecule has 1 saturated heterocycles. The molecule has 1 fully saturated rings. The number of nitrogens with zero attached hydrogens (tertiary/aromatic N) is 1. The minimum absolute atomic E-state index is 0.260. The number of rotatable bonds is 5. The lowest BCUT2D eigenvalue weighted by Crippen LogP contribution is -2.43. The predicted octanol–water partition coefficient (Wildman–Crippen LogP) is 0.870. The molecule has 1 heterocycles. The first-order valence-electron chi connectivity index (χ1n) is 5.31. The van der Waals surface area contributed by atoms with Crippen LogP contribution in [-0.2, 0) is 4.74 Å². The Kier molecular flexibility index (Phi) is 5.35. The van der Waals surface area contributed by atoms with Gasteiger partial charge in [-0.3, -0.25) is 4.90 Å². The van der Waals surface area contributed by atoms with E-state index in [0.717, 1.165) is 39.1 Å². The molecule has 0 amide bonds. The van der Waals surface area contributed by atoms with Crippen LogP contribution < -0.4 is 0 Å². The minimum Gasteiger partial charge on any atom is -0.395 e. The second-order valence-corrected chi connectivity index (χ2v) is 3.63. The molecule has 78 valence electrons. The van der Waals surface area contributed by atoms with Crippen molar-refractivity contribution in [2.24, 2.45) is 0 Å². The Morgan fingerprint density at radius 2 is 2.31 bits per heavy atom. The third kappa shape index (κ3) is 3.63. The fourth-order valence-electron chi connectivity index (χ4n) is 1.90. The average Bonchev–Trinajstić information content (AvgIpc) is 2.19. The highest BCUT2D eigenvalue weighted by Crippen LogP contribution is 2.13. The van der Waals surface area contributed by atoms with E-state index in [4.69, 9.17) is 9.84 Å². The van der Waals surface area contributed by atoms with Crippen molar-refractivity contribution in [3.05, 3.63) is 0 Å². The van der Waals surface area contributed by atoms with Crippen molar-refractivity contribution >= 4 is 0 Å². The van der Waals surface area contributed by atoms with E-state index in [-0.39, 0.29) is 6.61 Å². The molecule has 0 bridgehead atoms. The van der Waals surface area contributed by atoms with Crippen molar-refractivity contribution in [1.29, 1.82) is 0 Å². The molecule has 0 saturated carbocycles. The molecule has 0 radical (unpaired) electrons. The summed E-state index contributed by atoms with van der Waals surface area (Å²) in [5.74, 6) is 0. The van der Waals surface area contributed by atoms with Crippen molar-refractivity contribution < 1.29 is 9.84 Å². The lowest BCUT2D eigenvalue weighted by Gasteiger charge is -2.33. The summed E-state index contributed by atoms with van der Waals surface area (Å²) >= 11 is 0. The molecular weight excluding hydrogens is 166 g/mol. The van der Waals surface area contributed by atoms with Crippen LogP contribution in [0, 0.1) is 0 Å². The van der Waals surface area contributed by atoms with Crippen LogP contribution in [0.5, 0.6) is 0 Å². The van der Waals surface area contributed by atoms with Gasteiger partial charge in [-0.1, -0.05) is 6.92 Å². The number of aliphatic hydroxyl groups excluding tert-OH is 1. The van der Waals surface area contributed by atoms with Gasteiger partial charge in [0, 0.05) is 19.2 Å². The first-order chi connectivity index (χ1) is 6.38. The van der Waals surface area contributed by atoms with Crippen molar-refractivity contribution in [2.45, 2.75) is 32.2 Å². The summed E-state index contributed by atoms with van der Waals surface area (Å²) in [4.78, 5) is 2.35. The molecule has 1 rings (SSSR count). The first kappa shape index (κ1) is 11.0. The molecule has 0 aromatic carbocycles. The lowest BCUT2D eigenvalue weighted by atomic mass is 10.1. The molecule has 1 aliphatic heterocycles. The summed E-state index contributed by atoms with van der Waals surface area (Å²) in [7, 11) is 0. The molecule has 3 heteroatoms. The summed E-state index contributed by atoms with van der Waals surface area (Å²) in [5, 5.41) is 8.91. The zero-order chi connectivity index (χ0) is 9.52. The summed E-state index contributed by atoms with van der Waals surface area (Å²) in [5.41, 5.74) is 0. The molecule has 0 spiro atoms. The van der Waals surface area contributed by atoms with Gasteiger partial charge in [0.15, 0.2) is 0 Å². The quantitative estimate of drug-likeness (QED) is 0.693. The summed E-state index contributed by atoms with van der Waals surface area (Å²) in [6.45, 7) is 6.07. The summed E-state index contributed by atoms with van der Waals surface area (Å²) < 4.78 is 5.43. The predicted molar refractivity (Wildman–Crippen MR) is 52.8 cm³/mol. The van der Waals surface area contributed by atoms with E-state index in [1.54, 1.807) is 0 Å². The van der Waals surface area contributed by atoms with E-state index < -0.39 is 0 Å². The van der Waals surface area contributed by atoms with Crippen LogP contribution in [0.2, 0.25) is 0 Å². The fraction of sp³-hybridized carbons (Fsp3) is 1.00. The number of hydrogen-bond donors (Lipinski definition) is 1.